The molecule has 0 saturated heterocycles. The molecule has 2 aliphatic rings. The fourth-order valence-corrected chi connectivity index (χ4v) is 9.67. The molecular weight excluding hydrogens is 246 g/mol. The van der Waals surface area contributed by atoms with Crippen LogP contribution in [-0.4, -0.2) is 25.4 Å². The summed E-state index contributed by atoms with van der Waals surface area (Å²) in [6, 6.07) is 0. The van der Waals surface area contributed by atoms with Crippen molar-refractivity contribution in [2.24, 2.45) is 17.8 Å². The maximum Gasteiger partial charge on any atom is 0.125 e. The molecular formula is C17H35NSi. The molecule has 2 saturated carbocycles. The van der Waals surface area contributed by atoms with Gasteiger partial charge in [-0.2, -0.15) is 0 Å². The average Bonchev–Trinajstić information content (AvgIpc) is 2.66. The molecule has 0 amide bonds. The monoisotopic (exact) mass is 281 g/mol. The summed E-state index contributed by atoms with van der Waals surface area (Å²) in [7, 11) is 1.07. The van der Waals surface area contributed by atoms with Crippen molar-refractivity contribution in [1.29, 1.82) is 0 Å². The molecule has 2 fully saturated rings. The zero-order chi connectivity index (χ0) is 14.4. The Labute approximate surface area is 122 Å². The maximum absolute atomic E-state index is 2.77. The molecule has 0 heterocycles. The van der Waals surface area contributed by atoms with E-state index in [1.807, 2.05) is 0 Å². The molecule has 0 bridgehead atoms. The van der Waals surface area contributed by atoms with Crippen molar-refractivity contribution in [1.82, 2.24) is 4.57 Å². The van der Waals surface area contributed by atoms with Crippen molar-refractivity contribution in [2.75, 3.05) is 7.05 Å². The van der Waals surface area contributed by atoms with E-state index in [2.05, 4.69) is 52.4 Å². The first-order chi connectivity index (χ1) is 8.64. The fraction of sp³-hybridized carbons (Fsp3) is 1.00. The summed E-state index contributed by atoms with van der Waals surface area (Å²) in [5.74, 6) is 3.10. The van der Waals surface area contributed by atoms with Crippen LogP contribution >= 0.6 is 0 Å². The van der Waals surface area contributed by atoms with Gasteiger partial charge in [0.1, 0.15) is 8.24 Å². The normalized spacial score (nSPS) is 36.6. The molecule has 0 aromatic carbocycles. The first-order valence-corrected chi connectivity index (χ1v) is 11.4. The van der Waals surface area contributed by atoms with Gasteiger partial charge in [-0.3, -0.25) is 0 Å². The highest BCUT2D eigenvalue weighted by Crippen LogP contribution is 2.54. The third-order valence-corrected chi connectivity index (χ3v) is 11.3. The Hall–Kier alpha value is 0.177. The van der Waals surface area contributed by atoms with Crippen molar-refractivity contribution in [3.05, 3.63) is 0 Å². The van der Waals surface area contributed by atoms with E-state index in [0.717, 1.165) is 23.3 Å². The van der Waals surface area contributed by atoms with Gasteiger partial charge >= 0.3 is 0 Å². The summed E-state index contributed by atoms with van der Waals surface area (Å²) in [5.41, 5.74) is 1.35. The molecule has 19 heavy (non-hydrogen) atoms. The average molecular weight is 282 g/mol. The smallest absolute Gasteiger partial charge is 0.125 e. The van der Waals surface area contributed by atoms with Gasteiger partial charge in [0, 0.05) is 5.54 Å². The molecule has 0 aromatic heterocycles. The van der Waals surface area contributed by atoms with E-state index in [0.29, 0.717) is 5.54 Å². The molecule has 0 spiro atoms. The molecule has 2 aliphatic carbocycles. The van der Waals surface area contributed by atoms with Crippen molar-refractivity contribution < 1.29 is 0 Å². The number of rotatable bonds is 2. The van der Waals surface area contributed by atoms with Gasteiger partial charge in [0.2, 0.25) is 0 Å². The van der Waals surface area contributed by atoms with Crippen molar-refractivity contribution >= 4 is 8.24 Å². The van der Waals surface area contributed by atoms with Crippen molar-refractivity contribution in [3.63, 3.8) is 0 Å². The first kappa shape index (κ1) is 15.6. The standard InChI is InChI=1S/C17H35NSi/c1-13-11-14-9-8-10-16(15(14)12-13)19(6,7)18(5)17(2,3)4/h13-16H,8-12H2,1-7H3. The number of nitrogens with zero attached hydrogens (tertiary/aromatic N) is 1. The van der Waals surface area contributed by atoms with Crippen LogP contribution in [0.3, 0.4) is 0 Å². The minimum atomic E-state index is -1.32. The summed E-state index contributed by atoms with van der Waals surface area (Å²) < 4.78 is 2.77. The van der Waals surface area contributed by atoms with Crippen LogP contribution in [0.25, 0.3) is 0 Å². The van der Waals surface area contributed by atoms with Crippen molar-refractivity contribution in [3.8, 4) is 0 Å². The lowest BCUT2D eigenvalue weighted by Crippen LogP contribution is -2.59. The van der Waals surface area contributed by atoms with E-state index >= 15 is 0 Å². The quantitative estimate of drug-likeness (QED) is 0.634. The molecule has 0 aliphatic heterocycles. The molecule has 4 atom stereocenters. The van der Waals surface area contributed by atoms with E-state index in [1.54, 1.807) is 0 Å². The Balaban J connectivity index is 2.19. The first-order valence-electron chi connectivity index (χ1n) is 8.38. The predicted octanol–water partition coefficient (Wildman–Crippen LogP) is 5.14. The van der Waals surface area contributed by atoms with Gasteiger partial charge in [-0.25, -0.2) is 0 Å². The number of fused-ring (bicyclic) bond motifs is 1. The Morgan fingerprint density at radius 3 is 2.26 bits per heavy atom. The molecule has 2 rings (SSSR count). The lowest BCUT2D eigenvalue weighted by atomic mass is 9.81. The number of hydrogen-bond acceptors (Lipinski definition) is 1. The van der Waals surface area contributed by atoms with Gasteiger partial charge in [-0.05, 0) is 64.0 Å². The summed E-state index contributed by atoms with van der Waals surface area (Å²) in [6.07, 6.45) is 7.56. The molecule has 4 unspecified atom stereocenters. The third-order valence-electron chi connectivity index (χ3n) is 6.37. The SMILES string of the molecule is CC1CC2CCCC([Si](C)(C)N(C)C(C)(C)C)C2C1. The van der Waals surface area contributed by atoms with Crippen LogP contribution in [-0.2, 0) is 0 Å². The lowest BCUT2D eigenvalue weighted by Gasteiger charge is -2.51. The Kier molecular flexibility index (Phi) is 4.24. The highest BCUT2D eigenvalue weighted by atomic mass is 28.3. The fourth-order valence-electron chi connectivity index (χ4n) is 5.07. The second-order valence-electron chi connectivity index (χ2n) is 8.92. The van der Waals surface area contributed by atoms with Gasteiger partial charge in [0.25, 0.3) is 0 Å². The van der Waals surface area contributed by atoms with Gasteiger partial charge in [0.15, 0.2) is 0 Å². The highest BCUT2D eigenvalue weighted by Gasteiger charge is 2.49. The van der Waals surface area contributed by atoms with Crippen LogP contribution in [0.1, 0.15) is 59.8 Å². The second-order valence-corrected chi connectivity index (χ2v) is 13.6. The zero-order valence-corrected chi connectivity index (χ0v) is 15.3. The summed E-state index contributed by atoms with van der Waals surface area (Å²) in [4.78, 5) is 0. The number of hydrogen-bond donors (Lipinski definition) is 0. The minimum Gasteiger partial charge on any atom is -0.322 e. The molecule has 0 N–H and O–H groups in total. The summed E-state index contributed by atoms with van der Waals surface area (Å²) >= 11 is 0. The minimum absolute atomic E-state index is 0.326. The summed E-state index contributed by atoms with van der Waals surface area (Å²) in [5, 5.41) is 0. The lowest BCUT2D eigenvalue weighted by molar-refractivity contribution is 0.232. The van der Waals surface area contributed by atoms with Crippen LogP contribution in [0.15, 0.2) is 0 Å². The summed E-state index contributed by atoms with van der Waals surface area (Å²) in [6.45, 7) is 14.9. The topological polar surface area (TPSA) is 3.24 Å². The Bertz CT molecular complexity index is 318. The zero-order valence-electron chi connectivity index (χ0n) is 14.3. The van der Waals surface area contributed by atoms with Gasteiger partial charge in [-0.1, -0.05) is 39.3 Å². The van der Waals surface area contributed by atoms with E-state index < -0.39 is 8.24 Å². The van der Waals surface area contributed by atoms with E-state index in [9.17, 15) is 0 Å². The maximum atomic E-state index is 2.77. The highest BCUT2D eigenvalue weighted by molar-refractivity contribution is 6.76. The van der Waals surface area contributed by atoms with E-state index in [1.165, 1.54) is 32.1 Å². The predicted molar refractivity (Wildman–Crippen MR) is 88.0 cm³/mol. The van der Waals surface area contributed by atoms with Crippen LogP contribution in [0, 0.1) is 17.8 Å². The van der Waals surface area contributed by atoms with Gasteiger partial charge in [-0.15, -0.1) is 0 Å². The molecule has 0 aromatic rings. The molecule has 112 valence electrons. The van der Waals surface area contributed by atoms with Crippen LogP contribution < -0.4 is 0 Å². The van der Waals surface area contributed by atoms with Crippen molar-refractivity contribution in [2.45, 2.75) is 84.0 Å². The molecule has 2 heteroatoms. The second kappa shape index (κ2) is 5.18. The van der Waals surface area contributed by atoms with E-state index in [4.69, 9.17) is 0 Å². The van der Waals surface area contributed by atoms with E-state index in [-0.39, 0.29) is 0 Å². The largest absolute Gasteiger partial charge is 0.322 e. The van der Waals surface area contributed by atoms with Gasteiger partial charge < -0.3 is 4.57 Å². The molecule has 0 radical (unpaired) electrons. The Morgan fingerprint density at radius 2 is 1.68 bits per heavy atom. The van der Waals surface area contributed by atoms with Crippen LogP contribution in [0.5, 0.6) is 0 Å². The molecule has 1 nitrogen and oxygen atoms in total. The van der Waals surface area contributed by atoms with Crippen LogP contribution in [0.4, 0.5) is 0 Å². The third kappa shape index (κ3) is 2.95. The Morgan fingerprint density at radius 1 is 1.05 bits per heavy atom. The van der Waals surface area contributed by atoms with Crippen LogP contribution in [0.2, 0.25) is 18.6 Å². The van der Waals surface area contributed by atoms with Gasteiger partial charge in [0.05, 0.1) is 0 Å².